The van der Waals surface area contributed by atoms with Crippen LogP contribution in [0.5, 0.6) is 0 Å². The minimum Gasteiger partial charge on any atom is -0.481 e. The van der Waals surface area contributed by atoms with Crippen molar-refractivity contribution in [3.05, 3.63) is 0 Å². The van der Waals surface area contributed by atoms with Crippen molar-refractivity contribution >= 4 is 12.0 Å². The Morgan fingerprint density at radius 1 is 1.35 bits per heavy atom. The molecule has 2 atom stereocenters. The van der Waals surface area contributed by atoms with Gasteiger partial charge in [0.15, 0.2) is 0 Å². The third-order valence-corrected chi connectivity index (χ3v) is 2.93. The van der Waals surface area contributed by atoms with Crippen LogP contribution in [0.3, 0.4) is 0 Å². The van der Waals surface area contributed by atoms with Gasteiger partial charge in [-0.25, -0.2) is 4.79 Å². The molecule has 0 saturated carbocycles. The average molecular weight is 246 g/mol. The summed E-state index contributed by atoms with van der Waals surface area (Å²) in [7, 11) is 3.10. The van der Waals surface area contributed by atoms with E-state index in [-0.39, 0.29) is 32.4 Å². The lowest BCUT2D eigenvalue weighted by molar-refractivity contribution is -0.142. The molecule has 0 aliphatic carbocycles. The highest BCUT2D eigenvalue weighted by molar-refractivity contribution is 5.77. The first kappa shape index (κ1) is 13.7. The summed E-state index contributed by atoms with van der Waals surface area (Å²) in [6, 6.07) is -0.776. The minimum atomic E-state index is -0.961. The van der Waals surface area contributed by atoms with E-state index in [1.807, 2.05) is 0 Å². The van der Waals surface area contributed by atoms with Crippen LogP contribution in [-0.4, -0.2) is 78.5 Å². The van der Waals surface area contributed by atoms with Gasteiger partial charge in [-0.3, -0.25) is 4.79 Å². The van der Waals surface area contributed by atoms with E-state index in [2.05, 4.69) is 0 Å². The second-order valence-corrected chi connectivity index (χ2v) is 4.09. The van der Waals surface area contributed by atoms with E-state index >= 15 is 0 Å². The molecule has 0 aromatic heterocycles. The lowest BCUT2D eigenvalue weighted by Crippen LogP contribution is -2.49. The van der Waals surface area contributed by atoms with Gasteiger partial charge in [-0.05, 0) is 0 Å². The Morgan fingerprint density at radius 3 is 2.53 bits per heavy atom. The molecule has 1 fully saturated rings. The van der Waals surface area contributed by atoms with Gasteiger partial charge < -0.3 is 24.7 Å². The van der Waals surface area contributed by atoms with Crippen molar-refractivity contribution in [1.29, 1.82) is 0 Å². The van der Waals surface area contributed by atoms with Crippen molar-refractivity contribution in [2.75, 3.05) is 40.5 Å². The van der Waals surface area contributed by atoms with Gasteiger partial charge in [-0.1, -0.05) is 0 Å². The minimum absolute atomic E-state index is 0.125. The number of carbonyl (C=O) groups is 2. The number of aliphatic carboxylic acids is 1. The number of carbonyl (C=O) groups excluding carboxylic acids is 1. The molecule has 1 heterocycles. The molecule has 0 aromatic rings. The summed E-state index contributed by atoms with van der Waals surface area (Å²) >= 11 is 0. The summed E-state index contributed by atoms with van der Waals surface area (Å²) in [4.78, 5) is 25.6. The quantitative estimate of drug-likeness (QED) is 0.668. The standard InChI is InChI=1S/C10H18N2O5/c1-11(3-4-13)10(16)12(2)8-6-17-5-7(8)9(14)15/h7-8,13H,3-6H2,1-2H3,(H,14,15). The largest absolute Gasteiger partial charge is 0.481 e. The molecule has 0 spiro atoms. The van der Waals surface area contributed by atoms with Crippen LogP contribution < -0.4 is 0 Å². The van der Waals surface area contributed by atoms with E-state index in [1.165, 1.54) is 9.80 Å². The Hall–Kier alpha value is -1.34. The Bertz CT molecular complexity index is 296. The van der Waals surface area contributed by atoms with Gasteiger partial charge in [0, 0.05) is 20.6 Å². The third-order valence-electron chi connectivity index (χ3n) is 2.93. The fourth-order valence-electron chi connectivity index (χ4n) is 1.82. The number of ether oxygens (including phenoxy) is 1. The van der Waals surface area contributed by atoms with E-state index in [0.717, 1.165) is 0 Å². The predicted molar refractivity (Wildman–Crippen MR) is 58.6 cm³/mol. The van der Waals surface area contributed by atoms with E-state index < -0.39 is 17.9 Å². The van der Waals surface area contributed by atoms with Gasteiger partial charge in [0.25, 0.3) is 0 Å². The smallest absolute Gasteiger partial charge is 0.319 e. The number of amides is 2. The van der Waals surface area contributed by atoms with Crippen LogP contribution in [0, 0.1) is 5.92 Å². The van der Waals surface area contributed by atoms with Gasteiger partial charge in [-0.2, -0.15) is 0 Å². The summed E-state index contributed by atoms with van der Waals surface area (Å²) in [6.07, 6.45) is 0. The molecular weight excluding hydrogens is 228 g/mol. The Labute approximate surface area is 99.6 Å². The molecule has 1 aliphatic heterocycles. The summed E-state index contributed by atoms with van der Waals surface area (Å²) in [6.45, 7) is 0.446. The number of rotatable bonds is 4. The average Bonchev–Trinajstić information content (AvgIpc) is 2.76. The molecule has 1 rings (SSSR count). The zero-order valence-corrected chi connectivity index (χ0v) is 10.00. The van der Waals surface area contributed by atoms with Crippen LogP contribution in [0.1, 0.15) is 0 Å². The van der Waals surface area contributed by atoms with Gasteiger partial charge in [0.05, 0.1) is 25.9 Å². The van der Waals surface area contributed by atoms with Gasteiger partial charge in [-0.15, -0.1) is 0 Å². The monoisotopic (exact) mass is 246 g/mol. The topological polar surface area (TPSA) is 90.3 Å². The molecule has 0 radical (unpaired) electrons. The van der Waals surface area contributed by atoms with Crippen LogP contribution in [0.2, 0.25) is 0 Å². The molecule has 2 unspecified atom stereocenters. The number of hydrogen-bond donors (Lipinski definition) is 2. The zero-order chi connectivity index (χ0) is 13.0. The van der Waals surface area contributed by atoms with Crippen LogP contribution in [0.15, 0.2) is 0 Å². The lowest BCUT2D eigenvalue weighted by Gasteiger charge is -2.30. The SMILES string of the molecule is CN(CCO)C(=O)N(C)C1COCC1C(=O)O. The van der Waals surface area contributed by atoms with Gasteiger partial charge in [0.2, 0.25) is 0 Å². The second-order valence-electron chi connectivity index (χ2n) is 4.09. The van der Waals surface area contributed by atoms with Crippen molar-refractivity contribution in [2.45, 2.75) is 6.04 Å². The van der Waals surface area contributed by atoms with Crippen LogP contribution >= 0.6 is 0 Å². The number of nitrogens with zero attached hydrogens (tertiary/aromatic N) is 2. The van der Waals surface area contributed by atoms with E-state index in [1.54, 1.807) is 14.1 Å². The van der Waals surface area contributed by atoms with Crippen molar-refractivity contribution in [2.24, 2.45) is 5.92 Å². The van der Waals surface area contributed by atoms with Crippen molar-refractivity contribution in [3.63, 3.8) is 0 Å². The highest BCUT2D eigenvalue weighted by Gasteiger charge is 2.39. The summed E-state index contributed by atoms with van der Waals surface area (Å²) < 4.78 is 5.10. The summed E-state index contributed by atoms with van der Waals surface area (Å²) in [5.74, 6) is -1.65. The number of carboxylic acids is 1. The molecule has 1 saturated heterocycles. The summed E-state index contributed by atoms with van der Waals surface area (Å²) in [5.41, 5.74) is 0. The van der Waals surface area contributed by atoms with Crippen molar-refractivity contribution < 1.29 is 24.5 Å². The van der Waals surface area contributed by atoms with E-state index in [4.69, 9.17) is 14.9 Å². The number of hydrogen-bond acceptors (Lipinski definition) is 4. The maximum absolute atomic E-state index is 11.9. The molecule has 17 heavy (non-hydrogen) atoms. The third kappa shape index (κ3) is 3.07. The first-order chi connectivity index (χ1) is 7.99. The first-order valence-corrected chi connectivity index (χ1v) is 5.38. The number of aliphatic hydroxyl groups is 1. The van der Waals surface area contributed by atoms with Crippen LogP contribution in [-0.2, 0) is 9.53 Å². The molecule has 98 valence electrons. The molecule has 7 nitrogen and oxygen atoms in total. The molecule has 0 bridgehead atoms. The lowest BCUT2D eigenvalue weighted by atomic mass is 10.0. The molecule has 1 aliphatic rings. The van der Waals surface area contributed by atoms with Crippen LogP contribution in [0.4, 0.5) is 4.79 Å². The first-order valence-electron chi connectivity index (χ1n) is 5.38. The molecule has 7 heteroatoms. The highest BCUT2D eigenvalue weighted by Crippen LogP contribution is 2.19. The second kappa shape index (κ2) is 5.83. The van der Waals surface area contributed by atoms with Gasteiger partial charge >= 0.3 is 12.0 Å². The number of carboxylic acid groups (broad SMARTS) is 1. The number of aliphatic hydroxyl groups excluding tert-OH is 1. The summed E-state index contributed by atoms with van der Waals surface area (Å²) in [5, 5.41) is 17.7. The van der Waals surface area contributed by atoms with Gasteiger partial charge in [0.1, 0.15) is 5.92 Å². The maximum Gasteiger partial charge on any atom is 0.319 e. The van der Waals surface area contributed by atoms with Crippen LogP contribution in [0.25, 0.3) is 0 Å². The van der Waals surface area contributed by atoms with Crippen molar-refractivity contribution in [1.82, 2.24) is 9.80 Å². The molecule has 2 amide bonds. The number of urea groups is 1. The highest BCUT2D eigenvalue weighted by atomic mass is 16.5. The Kier molecular flexibility index (Phi) is 4.71. The van der Waals surface area contributed by atoms with Crippen molar-refractivity contribution in [3.8, 4) is 0 Å². The normalized spacial score (nSPS) is 23.5. The Morgan fingerprint density at radius 2 is 2.00 bits per heavy atom. The Balaban J connectivity index is 2.65. The van der Waals surface area contributed by atoms with E-state index in [9.17, 15) is 9.59 Å². The predicted octanol–water partition coefficient (Wildman–Crippen LogP) is -0.938. The molecule has 0 aromatic carbocycles. The number of likely N-dealkylation sites (N-methyl/N-ethyl adjacent to an activating group) is 2. The maximum atomic E-state index is 11.9. The zero-order valence-electron chi connectivity index (χ0n) is 10.00. The fourth-order valence-corrected chi connectivity index (χ4v) is 1.82. The van der Waals surface area contributed by atoms with E-state index in [0.29, 0.717) is 0 Å². The molecular formula is C10H18N2O5. The fraction of sp³-hybridized carbons (Fsp3) is 0.800. The molecule has 2 N–H and O–H groups in total.